The summed E-state index contributed by atoms with van der Waals surface area (Å²) in [4.78, 5) is 64.5. The number of esters is 1. The molecule has 3 unspecified atom stereocenters. The Balaban J connectivity index is 1.06. The molecule has 2 amide bonds. The summed E-state index contributed by atoms with van der Waals surface area (Å²) in [7, 11) is 0. The molecule has 13 nitrogen and oxygen atoms in total. The second kappa shape index (κ2) is 12.5. The van der Waals surface area contributed by atoms with E-state index in [4.69, 9.17) is 24.1 Å². The van der Waals surface area contributed by atoms with Crippen molar-refractivity contribution in [3.8, 4) is 23.0 Å². The summed E-state index contributed by atoms with van der Waals surface area (Å²) < 4.78 is 23.9. The van der Waals surface area contributed by atoms with Crippen LogP contribution in [0, 0.1) is 0 Å². The van der Waals surface area contributed by atoms with Gasteiger partial charge in [-0.05, 0) is 41.8 Å². The Morgan fingerprint density at radius 1 is 0.922 bits per heavy atom. The van der Waals surface area contributed by atoms with Crippen molar-refractivity contribution in [2.45, 2.75) is 23.4 Å². The lowest BCUT2D eigenvalue weighted by Gasteiger charge is -2.49. The minimum Gasteiger partial charge on any atom is -0.489 e. The number of hydrogen-bond donors (Lipinski definition) is 3. The van der Waals surface area contributed by atoms with Crippen LogP contribution in [0.4, 0.5) is 0 Å². The molecule has 51 heavy (non-hydrogen) atoms. The topological polar surface area (TPSA) is 178 Å². The maximum absolute atomic E-state index is 13.2. The highest BCUT2D eigenvalue weighted by Gasteiger charge is 2.55. The van der Waals surface area contributed by atoms with E-state index >= 15 is 0 Å². The van der Waals surface area contributed by atoms with Gasteiger partial charge in [-0.25, -0.2) is 14.4 Å². The fourth-order valence-electron chi connectivity index (χ4n) is 6.72. The summed E-state index contributed by atoms with van der Waals surface area (Å²) in [6, 6.07) is 19.6. The lowest BCUT2D eigenvalue weighted by Crippen LogP contribution is -2.70. The summed E-state index contributed by atoms with van der Waals surface area (Å²) in [6.07, 6.45) is 0.130. The molecular formula is C36H26N2O11S2. The second-order valence-corrected chi connectivity index (χ2v) is 14.1. The van der Waals surface area contributed by atoms with Gasteiger partial charge in [0.25, 0.3) is 5.91 Å². The maximum atomic E-state index is 13.2. The number of nitrogens with zero attached hydrogens (tertiary/aromatic N) is 1. The van der Waals surface area contributed by atoms with Crippen molar-refractivity contribution in [2.75, 3.05) is 19.0 Å². The minimum atomic E-state index is -1.39. The van der Waals surface area contributed by atoms with Gasteiger partial charge in [-0.3, -0.25) is 14.5 Å². The maximum Gasteiger partial charge on any atom is 0.352 e. The lowest BCUT2D eigenvalue weighted by atomic mass is 9.77. The Morgan fingerprint density at radius 3 is 2.33 bits per heavy atom. The number of carbonyl (C=O) groups excluding carboxylic acids is 3. The third-order valence-corrected chi connectivity index (χ3v) is 11.1. The molecule has 3 N–H and O–H groups in total. The number of thiophene rings is 1. The summed E-state index contributed by atoms with van der Waals surface area (Å²) >= 11 is 2.77. The van der Waals surface area contributed by atoms with Gasteiger partial charge >= 0.3 is 17.9 Å². The van der Waals surface area contributed by atoms with Crippen LogP contribution in [0.1, 0.15) is 31.9 Å². The number of carboxylic acid groups (broad SMARTS) is 2. The van der Waals surface area contributed by atoms with Crippen LogP contribution in [0.15, 0.2) is 89.4 Å². The number of ether oxygens (including phenoxy) is 4. The first-order valence-corrected chi connectivity index (χ1v) is 17.6. The quantitative estimate of drug-likeness (QED) is 0.157. The molecule has 1 saturated heterocycles. The molecule has 15 heteroatoms. The highest BCUT2D eigenvalue weighted by Crippen LogP contribution is 2.57. The predicted molar refractivity (Wildman–Crippen MR) is 181 cm³/mol. The predicted octanol–water partition coefficient (Wildman–Crippen LogP) is 4.14. The van der Waals surface area contributed by atoms with E-state index in [-0.39, 0.29) is 47.6 Å². The van der Waals surface area contributed by atoms with Crippen molar-refractivity contribution in [3.63, 3.8) is 0 Å². The first kappa shape index (κ1) is 32.4. The zero-order chi connectivity index (χ0) is 35.4. The van der Waals surface area contributed by atoms with Crippen LogP contribution in [0.5, 0.6) is 23.0 Å². The molecule has 0 aliphatic carbocycles. The summed E-state index contributed by atoms with van der Waals surface area (Å²) in [5.41, 5.74) is 0.808. The SMILES string of the molecule is O=C(O)COc1ccc2c(c1)Oc1cc(OCC3=C(C(=O)O)N4C(=O)C(NC(=O)Cc5cccs5)C4SC3)ccc1C21OC(=O)c2ccccc21. The van der Waals surface area contributed by atoms with Crippen LogP contribution < -0.4 is 19.5 Å². The fourth-order valence-corrected chi connectivity index (χ4v) is 8.75. The molecule has 1 fully saturated rings. The monoisotopic (exact) mass is 726 g/mol. The number of hydrogen-bond acceptors (Lipinski definition) is 11. The summed E-state index contributed by atoms with van der Waals surface area (Å²) in [5.74, 6) is -2.46. The highest BCUT2D eigenvalue weighted by molar-refractivity contribution is 8.00. The van der Waals surface area contributed by atoms with Crippen LogP contribution in [-0.4, -0.2) is 75.2 Å². The standard InChI is InChI=1S/C36H26N2O11S2/c39-28(14-21-4-3-11-50-21)37-30-32(42)38-31(34(43)44)18(17-51-33(30)38)15-46-19-7-9-24-26(12-19)48-27-13-20(47-16-29(40)41)8-10-25(27)36(24)23-6-2-1-5-22(23)35(45)49-36/h1-13,30,33H,14-17H2,(H,37,39)(H,40,41)(H,43,44). The highest BCUT2D eigenvalue weighted by atomic mass is 32.2. The van der Waals surface area contributed by atoms with Crippen molar-refractivity contribution >= 4 is 52.8 Å². The van der Waals surface area contributed by atoms with E-state index in [0.29, 0.717) is 33.6 Å². The summed E-state index contributed by atoms with van der Waals surface area (Å²) in [6.45, 7) is -0.733. The van der Waals surface area contributed by atoms with Gasteiger partial charge in [0, 0.05) is 45.0 Å². The molecule has 258 valence electrons. The van der Waals surface area contributed by atoms with Crippen LogP contribution >= 0.6 is 23.1 Å². The molecular weight excluding hydrogens is 701 g/mol. The molecule has 0 bridgehead atoms. The molecule has 4 aliphatic heterocycles. The Kier molecular flexibility index (Phi) is 7.95. The second-order valence-electron chi connectivity index (χ2n) is 12.0. The molecule has 3 aromatic carbocycles. The van der Waals surface area contributed by atoms with E-state index in [9.17, 15) is 29.1 Å². The Labute approximate surface area is 297 Å². The fraction of sp³-hybridized carbons (Fsp3) is 0.194. The zero-order valence-corrected chi connectivity index (χ0v) is 28.0. The number of aliphatic carboxylic acids is 2. The molecule has 8 rings (SSSR count). The number of thioether (sulfide) groups is 1. The Bertz CT molecular complexity index is 2180. The van der Waals surface area contributed by atoms with E-state index in [2.05, 4.69) is 5.32 Å². The molecule has 4 aromatic rings. The van der Waals surface area contributed by atoms with Gasteiger partial charge in [0.2, 0.25) is 5.91 Å². The van der Waals surface area contributed by atoms with Gasteiger partial charge < -0.3 is 34.5 Å². The van der Waals surface area contributed by atoms with Crippen molar-refractivity contribution in [2.24, 2.45) is 0 Å². The van der Waals surface area contributed by atoms with Gasteiger partial charge in [0.15, 0.2) is 12.2 Å². The molecule has 1 aromatic heterocycles. The molecule has 4 aliphatic rings. The number of carbonyl (C=O) groups is 5. The Morgan fingerprint density at radius 2 is 1.65 bits per heavy atom. The first-order chi connectivity index (χ1) is 24.6. The third-order valence-electron chi connectivity index (χ3n) is 8.91. The van der Waals surface area contributed by atoms with Crippen LogP contribution in [0.3, 0.4) is 0 Å². The number of carboxylic acids is 2. The van der Waals surface area contributed by atoms with E-state index in [1.807, 2.05) is 17.5 Å². The number of fused-ring (bicyclic) bond motifs is 7. The van der Waals surface area contributed by atoms with Crippen LogP contribution in [0.25, 0.3) is 0 Å². The lowest BCUT2D eigenvalue weighted by molar-refractivity contribution is -0.150. The molecule has 0 radical (unpaired) electrons. The smallest absolute Gasteiger partial charge is 0.352 e. The van der Waals surface area contributed by atoms with Gasteiger partial charge in [-0.15, -0.1) is 23.1 Å². The number of nitrogens with one attached hydrogen (secondary N) is 1. The third kappa shape index (κ3) is 5.45. The van der Waals surface area contributed by atoms with Gasteiger partial charge in [-0.2, -0.15) is 0 Å². The van der Waals surface area contributed by atoms with E-state index in [1.54, 1.807) is 54.6 Å². The molecule has 0 saturated carbocycles. The van der Waals surface area contributed by atoms with E-state index in [1.165, 1.54) is 34.1 Å². The van der Waals surface area contributed by atoms with Gasteiger partial charge in [0.1, 0.15) is 46.7 Å². The van der Waals surface area contributed by atoms with Gasteiger partial charge in [0.05, 0.1) is 12.0 Å². The van der Waals surface area contributed by atoms with Crippen molar-refractivity contribution in [1.82, 2.24) is 10.2 Å². The number of amides is 2. The number of β-lactam (4-membered cyclic amide) rings is 1. The average Bonchev–Trinajstić information content (AvgIpc) is 3.74. The largest absolute Gasteiger partial charge is 0.489 e. The Hall–Kier alpha value is -5.80. The van der Waals surface area contributed by atoms with Crippen LogP contribution in [-0.2, 0) is 35.9 Å². The van der Waals surface area contributed by atoms with Gasteiger partial charge in [-0.1, -0.05) is 24.3 Å². The minimum absolute atomic E-state index is 0.130. The average molecular weight is 727 g/mol. The number of benzene rings is 3. The van der Waals surface area contributed by atoms with E-state index in [0.717, 1.165) is 4.88 Å². The summed E-state index contributed by atoms with van der Waals surface area (Å²) in [5, 5.41) is 23.3. The normalized spacial score (nSPS) is 21.0. The molecule has 3 atom stereocenters. The van der Waals surface area contributed by atoms with E-state index < -0.39 is 47.4 Å². The number of rotatable bonds is 10. The zero-order valence-electron chi connectivity index (χ0n) is 26.3. The van der Waals surface area contributed by atoms with Crippen molar-refractivity contribution < 1.29 is 53.1 Å². The molecule has 5 heterocycles. The van der Waals surface area contributed by atoms with Crippen molar-refractivity contribution in [3.05, 3.63) is 117 Å². The first-order valence-electron chi connectivity index (χ1n) is 15.6. The van der Waals surface area contributed by atoms with Crippen LogP contribution in [0.2, 0.25) is 0 Å². The van der Waals surface area contributed by atoms with Crippen molar-refractivity contribution in [1.29, 1.82) is 0 Å². The molecule has 1 spiro atoms.